The van der Waals surface area contributed by atoms with Gasteiger partial charge in [-0.25, -0.2) is 15.0 Å². The smallest absolute Gasteiger partial charge is 0.164 e. The van der Waals surface area contributed by atoms with Crippen molar-refractivity contribution >= 4 is 74.9 Å². The molecular formula is C59H36N4S. The van der Waals surface area contributed by atoms with Gasteiger partial charge in [-0.3, -0.25) is 0 Å². The fourth-order valence-corrected chi connectivity index (χ4v) is 10.7. The highest BCUT2D eigenvalue weighted by atomic mass is 32.1. The van der Waals surface area contributed by atoms with Crippen molar-refractivity contribution in [3.63, 3.8) is 0 Å². The van der Waals surface area contributed by atoms with Crippen LogP contribution in [-0.4, -0.2) is 19.5 Å². The molecule has 0 saturated carbocycles. The van der Waals surface area contributed by atoms with Crippen molar-refractivity contribution in [2.75, 3.05) is 0 Å². The number of hydrogen-bond acceptors (Lipinski definition) is 4. The van der Waals surface area contributed by atoms with Gasteiger partial charge in [0.25, 0.3) is 0 Å². The number of benzene rings is 10. The molecule has 0 N–H and O–H groups in total. The Morgan fingerprint density at radius 1 is 0.297 bits per heavy atom. The summed E-state index contributed by atoms with van der Waals surface area (Å²) in [5.41, 5.74) is 10.6. The van der Waals surface area contributed by atoms with Gasteiger partial charge in [0.05, 0.1) is 11.0 Å². The van der Waals surface area contributed by atoms with E-state index in [1.807, 2.05) is 18.2 Å². The molecule has 10 aromatic carbocycles. The normalized spacial score (nSPS) is 11.8. The van der Waals surface area contributed by atoms with Crippen LogP contribution in [0.15, 0.2) is 218 Å². The van der Waals surface area contributed by atoms with E-state index < -0.39 is 0 Å². The summed E-state index contributed by atoms with van der Waals surface area (Å²) in [6.45, 7) is 0. The first-order chi connectivity index (χ1) is 31.7. The van der Waals surface area contributed by atoms with Crippen LogP contribution in [-0.2, 0) is 0 Å². The van der Waals surface area contributed by atoms with Crippen LogP contribution in [0, 0.1) is 0 Å². The molecule has 3 aromatic heterocycles. The van der Waals surface area contributed by atoms with Crippen LogP contribution in [0.1, 0.15) is 0 Å². The molecule has 4 nitrogen and oxygen atoms in total. The summed E-state index contributed by atoms with van der Waals surface area (Å²) < 4.78 is 4.91. The first-order valence-corrected chi connectivity index (χ1v) is 22.4. The highest BCUT2D eigenvalue weighted by Crippen LogP contribution is 2.43. The lowest BCUT2D eigenvalue weighted by molar-refractivity contribution is 1.07. The lowest BCUT2D eigenvalue weighted by Crippen LogP contribution is -2.02. The third-order valence-electron chi connectivity index (χ3n) is 12.6. The molecule has 5 heteroatoms. The molecule has 0 spiro atoms. The molecule has 13 rings (SSSR count). The quantitative estimate of drug-likeness (QED) is 0.168. The van der Waals surface area contributed by atoms with E-state index in [-0.39, 0.29) is 0 Å². The molecule has 3 heterocycles. The molecule has 64 heavy (non-hydrogen) atoms. The molecular weight excluding hydrogens is 797 g/mol. The fraction of sp³-hybridized carbons (Fsp3) is 0. The first kappa shape index (κ1) is 36.4. The van der Waals surface area contributed by atoms with Crippen LogP contribution in [0.4, 0.5) is 0 Å². The monoisotopic (exact) mass is 832 g/mol. The minimum atomic E-state index is 0.615. The molecule has 0 fully saturated rings. The van der Waals surface area contributed by atoms with Crippen LogP contribution < -0.4 is 0 Å². The molecule has 0 bridgehead atoms. The van der Waals surface area contributed by atoms with Gasteiger partial charge < -0.3 is 4.57 Å². The molecule has 0 aliphatic rings. The SMILES string of the molecule is c1ccc(-c2nc(-c3ccc4c(c3)sc3ccccc34)nc(-c3ccc(-n4c5cc6ccccc6cc5c5cc6ccccc6cc54)cc3-c3ccccc3-c3ccccc3)n2)cc1. The maximum Gasteiger partial charge on any atom is 0.164 e. The summed E-state index contributed by atoms with van der Waals surface area (Å²) in [6, 6.07) is 78.3. The highest BCUT2D eigenvalue weighted by molar-refractivity contribution is 7.25. The van der Waals surface area contributed by atoms with E-state index in [9.17, 15) is 0 Å². The first-order valence-electron chi connectivity index (χ1n) is 21.6. The van der Waals surface area contributed by atoms with E-state index in [1.54, 1.807) is 11.3 Å². The lowest BCUT2D eigenvalue weighted by Gasteiger charge is -2.18. The predicted octanol–water partition coefficient (Wildman–Crippen LogP) is 16.0. The van der Waals surface area contributed by atoms with Gasteiger partial charge in [-0.1, -0.05) is 164 Å². The second-order valence-corrected chi connectivity index (χ2v) is 17.5. The minimum Gasteiger partial charge on any atom is -0.309 e. The van der Waals surface area contributed by atoms with Crippen LogP contribution in [0.2, 0.25) is 0 Å². The Balaban J connectivity index is 1.09. The number of hydrogen-bond donors (Lipinski definition) is 0. The Morgan fingerprint density at radius 2 is 0.828 bits per heavy atom. The van der Waals surface area contributed by atoms with Crippen molar-refractivity contribution in [3.8, 4) is 62.1 Å². The van der Waals surface area contributed by atoms with Gasteiger partial charge in [-0.15, -0.1) is 11.3 Å². The third kappa shape index (κ3) is 6.01. The third-order valence-corrected chi connectivity index (χ3v) is 13.7. The number of thiophene rings is 1. The van der Waals surface area contributed by atoms with E-state index >= 15 is 0 Å². The number of rotatable bonds is 6. The summed E-state index contributed by atoms with van der Waals surface area (Å²) in [6.07, 6.45) is 0. The van der Waals surface area contributed by atoms with E-state index in [0.717, 1.165) is 55.7 Å². The Labute approximate surface area is 373 Å². The molecule has 0 aliphatic heterocycles. The zero-order valence-electron chi connectivity index (χ0n) is 34.5. The fourth-order valence-electron chi connectivity index (χ4n) is 9.55. The predicted molar refractivity (Wildman–Crippen MR) is 269 cm³/mol. The largest absolute Gasteiger partial charge is 0.309 e. The summed E-state index contributed by atoms with van der Waals surface area (Å²) in [7, 11) is 0. The molecule has 0 unspecified atom stereocenters. The van der Waals surface area contributed by atoms with Crippen molar-refractivity contribution in [1.82, 2.24) is 19.5 Å². The standard InChI is InChI=1S/C59H36N4S/c1-3-15-37(16-4-1)45-23-11-12-24-46(45)50-36-44(63-53-33-41-21-9-7-19-39(41)31-51(53)52-32-40-20-8-10-22-42(40)34-54(52)63)28-30-49(50)59-61-57(38-17-5-2-6-18-38)60-58(62-59)43-27-29-48-47-25-13-14-26-55(47)64-56(48)35-43/h1-36H. The van der Waals surface area contributed by atoms with Crippen molar-refractivity contribution in [2.24, 2.45) is 0 Å². The maximum absolute atomic E-state index is 5.38. The van der Waals surface area contributed by atoms with E-state index in [2.05, 4.69) is 205 Å². The highest BCUT2D eigenvalue weighted by Gasteiger charge is 2.22. The van der Waals surface area contributed by atoms with Crippen molar-refractivity contribution in [2.45, 2.75) is 0 Å². The molecule has 0 amide bonds. The molecule has 0 atom stereocenters. The number of nitrogens with zero attached hydrogens (tertiary/aromatic N) is 4. The lowest BCUT2D eigenvalue weighted by atomic mass is 9.91. The van der Waals surface area contributed by atoms with Gasteiger partial charge in [0.2, 0.25) is 0 Å². The van der Waals surface area contributed by atoms with Crippen molar-refractivity contribution in [3.05, 3.63) is 218 Å². The average Bonchev–Trinajstić information content (AvgIpc) is 3.89. The van der Waals surface area contributed by atoms with Gasteiger partial charge >= 0.3 is 0 Å². The molecule has 0 radical (unpaired) electrons. The summed E-state index contributed by atoms with van der Waals surface area (Å²) in [5, 5.41) is 9.80. The average molecular weight is 833 g/mol. The van der Waals surface area contributed by atoms with Gasteiger partial charge in [0, 0.05) is 53.3 Å². The molecule has 298 valence electrons. The van der Waals surface area contributed by atoms with Crippen LogP contribution in [0.3, 0.4) is 0 Å². The van der Waals surface area contributed by atoms with Crippen LogP contribution >= 0.6 is 11.3 Å². The Bertz CT molecular complexity index is 3870. The van der Waals surface area contributed by atoms with Gasteiger partial charge in [0.15, 0.2) is 17.5 Å². The minimum absolute atomic E-state index is 0.615. The van der Waals surface area contributed by atoms with Crippen LogP contribution in [0.25, 0.3) is 126 Å². The number of aromatic nitrogens is 4. The van der Waals surface area contributed by atoms with E-state index in [0.29, 0.717) is 17.5 Å². The zero-order valence-corrected chi connectivity index (χ0v) is 35.3. The second-order valence-electron chi connectivity index (χ2n) is 16.4. The van der Waals surface area contributed by atoms with Crippen LogP contribution in [0.5, 0.6) is 0 Å². The van der Waals surface area contributed by atoms with Gasteiger partial charge in [0.1, 0.15) is 0 Å². The van der Waals surface area contributed by atoms with Gasteiger partial charge in [-0.05, 0) is 98.4 Å². The Morgan fingerprint density at radius 3 is 1.52 bits per heavy atom. The van der Waals surface area contributed by atoms with E-state index in [1.165, 1.54) is 52.5 Å². The topological polar surface area (TPSA) is 43.6 Å². The van der Waals surface area contributed by atoms with Crippen molar-refractivity contribution < 1.29 is 0 Å². The maximum atomic E-state index is 5.38. The summed E-state index contributed by atoms with van der Waals surface area (Å²) in [5.74, 6) is 1.88. The van der Waals surface area contributed by atoms with E-state index in [4.69, 9.17) is 15.0 Å². The summed E-state index contributed by atoms with van der Waals surface area (Å²) in [4.78, 5) is 15.9. The Kier molecular flexibility index (Phi) is 8.36. The molecule has 0 saturated heterocycles. The number of fused-ring (bicyclic) bond motifs is 8. The summed E-state index contributed by atoms with van der Waals surface area (Å²) >= 11 is 1.80. The van der Waals surface area contributed by atoms with Crippen molar-refractivity contribution in [1.29, 1.82) is 0 Å². The molecule has 0 aliphatic carbocycles. The Hall–Kier alpha value is -8.25. The zero-order chi connectivity index (χ0) is 42.1. The molecule has 13 aromatic rings. The van der Waals surface area contributed by atoms with Gasteiger partial charge in [-0.2, -0.15) is 0 Å². The second kappa shape index (κ2) is 14.7.